The summed E-state index contributed by atoms with van der Waals surface area (Å²) in [6.07, 6.45) is 3.29. The van der Waals surface area contributed by atoms with Gasteiger partial charge in [-0.25, -0.2) is 4.79 Å². The Hall–Kier alpha value is -3.30. The van der Waals surface area contributed by atoms with Crippen molar-refractivity contribution in [1.82, 2.24) is 4.98 Å². The van der Waals surface area contributed by atoms with E-state index in [1.54, 1.807) is 0 Å². The molecule has 0 aliphatic rings. The van der Waals surface area contributed by atoms with Crippen LogP contribution < -0.4 is 0 Å². The fourth-order valence-electron chi connectivity index (χ4n) is 3.89. The van der Waals surface area contributed by atoms with Crippen molar-refractivity contribution in [3.63, 3.8) is 0 Å². The highest BCUT2D eigenvalue weighted by Gasteiger charge is 2.22. The van der Waals surface area contributed by atoms with Crippen LogP contribution in [0.15, 0.2) is 60.7 Å². The van der Waals surface area contributed by atoms with E-state index in [9.17, 15) is 10.1 Å². The molecule has 0 atom stereocenters. The molecule has 4 aromatic rings. The summed E-state index contributed by atoms with van der Waals surface area (Å²) in [5, 5.41) is 19.8. The Labute approximate surface area is 205 Å². The third-order valence-corrected chi connectivity index (χ3v) is 6.81. The number of rotatable bonds is 6. The second-order valence-electron chi connectivity index (χ2n) is 7.27. The normalized spacial score (nSPS) is 12.2. The molecule has 0 aliphatic carbocycles. The molecule has 0 amide bonds. The number of aromatic amines is 1. The van der Waals surface area contributed by atoms with Gasteiger partial charge in [0, 0.05) is 28.1 Å². The molecule has 33 heavy (non-hydrogen) atoms. The third-order valence-electron chi connectivity index (χ3n) is 5.32. The molecule has 0 saturated heterocycles. The number of halogens is 2. The van der Waals surface area contributed by atoms with Gasteiger partial charge in [-0.05, 0) is 41.3 Å². The first-order valence-electron chi connectivity index (χ1n) is 10.1. The molecule has 0 spiro atoms. The third kappa shape index (κ3) is 4.60. The maximum Gasteiger partial charge on any atom is 0.328 e. The van der Waals surface area contributed by atoms with E-state index in [-0.39, 0.29) is 0 Å². The summed E-state index contributed by atoms with van der Waals surface area (Å²) < 4.78 is 1.18. The van der Waals surface area contributed by atoms with E-state index in [1.807, 2.05) is 61.5 Å². The summed E-state index contributed by atoms with van der Waals surface area (Å²) in [6.45, 7) is 2.04. The molecular weight excluding hydrogens is 475 g/mol. The van der Waals surface area contributed by atoms with Crippen LogP contribution in [0.3, 0.4) is 0 Å². The van der Waals surface area contributed by atoms with Crippen LogP contribution in [0.25, 0.3) is 28.1 Å². The van der Waals surface area contributed by atoms with E-state index in [1.165, 1.54) is 17.4 Å². The number of hydrogen-bond donors (Lipinski definition) is 2. The molecule has 4 rings (SSSR count). The number of carboxylic acid groups (broad SMARTS) is 1. The van der Waals surface area contributed by atoms with Gasteiger partial charge in [0.05, 0.1) is 15.6 Å². The number of benzene rings is 2. The predicted molar refractivity (Wildman–Crippen MR) is 137 cm³/mol. The van der Waals surface area contributed by atoms with Gasteiger partial charge in [-0.2, -0.15) is 5.26 Å². The van der Waals surface area contributed by atoms with Crippen LogP contribution in [-0.4, -0.2) is 16.1 Å². The molecule has 4 nitrogen and oxygen atoms in total. The van der Waals surface area contributed by atoms with Gasteiger partial charge in [0.15, 0.2) is 0 Å². The van der Waals surface area contributed by atoms with E-state index >= 15 is 0 Å². The SMILES string of the molecule is CC/C(=C(/c1ccc(/C=C/C(=O)O)cc1)c1[nH]c2ccccc2c1C#N)c1cc(Cl)sc1Cl. The Morgan fingerprint density at radius 1 is 1.18 bits per heavy atom. The van der Waals surface area contributed by atoms with E-state index in [4.69, 9.17) is 28.3 Å². The summed E-state index contributed by atoms with van der Waals surface area (Å²) in [6, 6.07) is 19.4. The number of para-hydroxylation sites is 1. The average Bonchev–Trinajstić information content (AvgIpc) is 3.34. The van der Waals surface area contributed by atoms with Crippen LogP contribution in [0.2, 0.25) is 8.67 Å². The number of aliphatic carboxylic acids is 1. The summed E-state index contributed by atoms with van der Waals surface area (Å²) in [5.41, 5.74) is 6.42. The Kier molecular flexibility index (Phi) is 6.71. The Balaban J connectivity index is 2.01. The number of nitriles is 1. The summed E-state index contributed by atoms with van der Waals surface area (Å²) in [4.78, 5) is 14.3. The van der Waals surface area contributed by atoms with Gasteiger partial charge in [0.1, 0.15) is 10.4 Å². The van der Waals surface area contributed by atoms with Crippen molar-refractivity contribution in [3.05, 3.63) is 97.3 Å². The first kappa shape index (κ1) is 22.9. The lowest BCUT2D eigenvalue weighted by atomic mass is 9.90. The fraction of sp³-hybridized carbons (Fsp3) is 0.0769. The number of fused-ring (bicyclic) bond motifs is 1. The first-order valence-corrected chi connectivity index (χ1v) is 11.7. The lowest BCUT2D eigenvalue weighted by Crippen LogP contribution is -1.97. The molecule has 0 bridgehead atoms. The molecular formula is C26H18Cl2N2O2S. The number of carboxylic acids is 1. The monoisotopic (exact) mass is 492 g/mol. The molecule has 2 heterocycles. The van der Waals surface area contributed by atoms with E-state index in [0.717, 1.165) is 44.8 Å². The molecule has 0 unspecified atom stereocenters. The van der Waals surface area contributed by atoms with Crippen LogP contribution in [-0.2, 0) is 4.79 Å². The molecule has 7 heteroatoms. The number of allylic oxidation sites excluding steroid dienone is 1. The lowest BCUT2D eigenvalue weighted by Gasteiger charge is -2.15. The number of nitrogens with zero attached hydrogens (tertiary/aromatic N) is 1. The lowest BCUT2D eigenvalue weighted by molar-refractivity contribution is -0.131. The Bertz CT molecular complexity index is 1450. The van der Waals surface area contributed by atoms with Crippen LogP contribution in [0.4, 0.5) is 0 Å². The average molecular weight is 493 g/mol. The standard InChI is InChI=1S/C26H18Cl2N2O2S/c1-2-17(19-13-22(27)33-26(19)28)24(16-10-7-15(8-11-16)9-12-23(31)32)25-20(14-29)18-5-3-4-6-21(18)30-25/h3-13,30H,2H2,1H3,(H,31,32)/b12-9+,24-17+. The minimum atomic E-state index is -1.01. The second kappa shape index (κ2) is 9.68. The van der Waals surface area contributed by atoms with Crippen molar-refractivity contribution >= 4 is 68.6 Å². The molecule has 2 N–H and O–H groups in total. The topological polar surface area (TPSA) is 76.9 Å². The van der Waals surface area contributed by atoms with Crippen LogP contribution in [0.1, 0.15) is 41.3 Å². The number of H-pyrrole nitrogens is 1. The van der Waals surface area contributed by atoms with Crippen LogP contribution in [0.5, 0.6) is 0 Å². The number of hydrogen-bond acceptors (Lipinski definition) is 3. The van der Waals surface area contributed by atoms with Crippen molar-refractivity contribution in [1.29, 1.82) is 5.26 Å². The molecule has 0 radical (unpaired) electrons. The fourth-order valence-corrected chi connectivity index (χ4v) is 5.41. The highest BCUT2D eigenvalue weighted by Crippen LogP contribution is 2.43. The van der Waals surface area contributed by atoms with E-state index in [2.05, 4.69) is 11.1 Å². The molecule has 2 aromatic carbocycles. The molecule has 0 saturated carbocycles. The van der Waals surface area contributed by atoms with Crippen LogP contribution >= 0.6 is 34.5 Å². The molecule has 0 aliphatic heterocycles. The number of nitrogens with one attached hydrogen (secondary N) is 1. The van der Waals surface area contributed by atoms with Gasteiger partial charge in [0.25, 0.3) is 0 Å². The van der Waals surface area contributed by atoms with Gasteiger partial charge in [-0.1, -0.05) is 72.6 Å². The molecule has 164 valence electrons. The highest BCUT2D eigenvalue weighted by molar-refractivity contribution is 7.20. The van der Waals surface area contributed by atoms with Crippen molar-refractivity contribution in [2.75, 3.05) is 0 Å². The van der Waals surface area contributed by atoms with Gasteiger partial charge in [0.2, 0.25) is 0 Å². The smallest absolute Gasteiger partial charge is 0.328 e. The van der Waals surface area contributed by atoms with Gasteiger partial charge in [-0.3, -0.25) is 0 Å². The number of thiophene rings is 1. The zero-order chi connectivity index (χ0) is 23.5. The largest absolute Gasteiger partial charge is 0.478 e. The van der Waals surface area contributed by atoms with E-state index < -0.39 is 5.97 Å². The van der Waals surface area contributed by atoms with E-state index in [0.29, 0.717) is 26.4 Å². The molecule has 0 fully saturated rings. The van der Waals surface area contributed by atoms with Crippen molar-refractivity contribution < 1.29 is 9.90 Å². The summed E-state index contributed by atoms with van der Waals surface area (Å²) >= 11 is 14.1. The minimum absolute atomic E-state index is 0.554. The quantitative estimate of drug-likeness (QED) is 0.268. The summed E-state index contributed by atoms with van der Waals surface area (Å²) in [7, 11) is 0. The second-order valence-corrected chi connectivity index (χ2v) is 9.56. The van der Waals surface area contributed by atoms with Crippen molar-refractivity contribution in [2.45, 2.75) is 13.3 Å². The number of aromatic nitrogens is 1. The van der Waals surface area contributed by atoms with Crippen molar-refractivity contribution in [3.8, 4) is 6.07 Å². The maximum atomic E-state index is 10.9. The Morgan fingerprint density at radius 3 is 2.52 bits per heavy atom. The zero-order valence-corrected chi connectivity index (χ0v) is 19.9. The van der Waals surface area contributed by atoms with Gasteiger partial charge in [-0.15, -0.1) is 11.3 Å². The van der Waals surface area contributed by atoms with Crippen molar-refractivity contribution in [2.24, 2.45) is 0 Å². The molecule has 2 aromatic heterocycles. The zero-order valence-electron chi connectivity index (χ0n) is 17.5. The van der Waals surface area contributed by atoms with Gasteiger partial charge < -0.3 is 10.1 Å². The van der Waals surface area contributed by atoms with Gasteiger partial charge >= 0.3 is 5.97 Å². The Morgan fingerprint density at radius 2 is 1.91 bits per heavy atom. The number of carbonyl (C=O) groups is 1. The summed E-state index contributed by atoms with van der Waals surface area (Å²) in [5.74, 6) is -1.01. The predicted octanol–water partition coefficient (Wildman–Crippen LogP) is 7.87. The first-order chi connectivity index (χ1) is 15.9. The maximum absolute atomic E-state index is 10.9. The minimum Gasteiger partial charge on any atom is -0.478 e. The van der Waals surface area contributed by atoms with Crippen LogP contribution in [0, 0.1) is 11.3 Å². The highest BCUT2D eigenvalue weighted by atomic mass is 35.5.